The van der Waals surface area contributed by atoms with Gasteiger partial charge in [0.05, 0.1) is 11.1 Å². The third-order valence-corrected chi connectivity index (χ3v) is 10.3. The van der Waals surface area contributed by atoms with Gasteiger partial charge in [0, 0.05) is 11.4 Å². The maximum atomic E-state index is 15.4. The van der Waals surface area contributed by atoms with Gasteiger partial charge in [-0.05, 0) is 115 Å². The Hall–Kier alpha value is -5.99. The average molecular weight is 602 g/mol. The second-order valence-corrected chi connectivity index (χ2v) is 12.6. The van der Waals surface area contributed by atoms with Crippen molar-refractivity contribution in [3.8, 4) is 22.3 Å². The van der Waals surface area contributed by atoms with E-state index in [1.807, 2.05) is 47.4 Å². The Kier molecular flexibility index (Phi) is 5.45. The first kappa shape index (κ1) is 26.2. The van der Waals surface area contributed by atoms with Gasteiger partial charge in [0.25, 0.3) is 0 Å². The molecule has 0 atom stereocenters. The average Bonchev–Trinajstić information content (AvgIpc) is 3.59. The van der Waals surface area contributed by atoms with Crippen LogP contribution in [0, 0.1) is 5.82 Å². The number of hydrogen-bond acceptors (Lipinski definition) is 1. The van der Waals surface area contributed by atoms with Gasteiger partial charge in [-0.15, -0.1) is 0 Å². The van der Waals surface area contributed by atoms with E-state index in [0.717, 1.165) is 22.1 Å². The summed E-state index contributed by atoms with van der Waals surface area (Å²) in [6, 6.07) is 59.6. The fourth-order valence-corrected chi connectivity index (χ4v) is 8.42. The van der Waals surface area contributed by atoms with E-state index in [-0.39, 0.29) is 5.82 Å². The van der Waals surface area contributed by atoms with Gasteiger partial charge in [0.2, 0.25) is 0 Å². The first-order valence-electron chi connectivity index (χ1n) is 16.1. The minimum atomic E-state index is -0.465. The molecule has 1 spiro atoms. The first-order chi connectivity index (χ1) is 23.2. The maximum Gasteiger partial charge on any atom is 0.147 e. The number of rotatable bonds is 3. The Labute approximate surface area is 272 Å². The van der Waals surface area contributed by atoms with Gasteiger partial charge >= 0.3 is 0 Å². The van der Waals surface area contributed by atoms with Gasteiger partial charge in [-0.25, -0.2) is 4.39 Å². The summed E-state index contributed by atoms with van der Waals surface area (Å²) in [6.07, 6.45) is 0. The molecule has 220 valence electrons. The molecule has 0 amide bonds. The molecule has 2 heteroatoms. The van der Waals surface area contributed by atoms with E-state index in [4.69, 9.17) is 0 Å². The minimum absolute atomic E-state index is 0.258. The smallest absolute Gasteiger partial charge is 0.147 e. The molecule has 0 radical (unpaired) electrons. The van der Waals surface area contributed by atoms with Crippen LogP contribution in [0.25, 0.3) is 43.8 Å². The Bertz CT molecular complexity index is 2500. The lowest BCUT2D eigenvalue weighted by Crippen LogP contribution is -2.26. The van der Waals surface area contributed by atoms with Crippen molar-refractivity contribution in [2.24, 2.45) is 0 Å². The van der Waals surface area contributed by atoms with E-state index in [1.54, 1.807) is 6.07 Å². The number of fused-ring (bicyclic) bond motifs is 13. The van der Waals surface area contributed by atoms with Crippen LogP contribution in [0.5, 0.6) is 0 Å². The SMILES string of the molecule is Fc1ccccc1N(c1ccccc1)c1ccc2cc3c(cc2c1)C1(c2ccccc2-c2ccccc21)c1c-3ccc2ccccc12. The molecule has 47 heavy (non-hydrogen) atoms. The van der Waals surface area contributed by atoms with E-state index >= 15 is 4.39 Å². The number of hydrogen-bond donors (Lipinski definition) is 0. The van der Waals surface area contributed by atoms with Crippen LogP contribution < -0.4 is 4.90 Å². The van der Waals surface area contributed by atoms with Crippen LogP contribution in [0.1, 0.15) is 22.3 Å². The van der Waals surface area contributed by atoms with E-state index in [1.165, 1.54) is 61.3 Å². The molecular weight excluding hydrogens is 574 g/mol. The fraction of sp³-hybridized carbons (Fsp3) is 0.0222. The monoisotopic (exact) mass is 601 g/mol. The molecule has 10 rings (SSSR count). The highest BCUT2D eigenvalue weighted by molar-refractivity contribution is 6.06. The third-order valence-electron chi connectivity index (χ3n) is 10.3. The van der Waals surface area contributed by atoms with Crippen LogP contribution in [0.2, 0.25) is 0 Å². The van der Waals surface area contributed by atoms with Crippen molar-refractivity contribution in [3.05, 3.63) is 198 Å². The number of halogens is 1. The molecule has 0 saturated heterocycles. The van der Waals surface area contributed by atoms with Crippen molar-refractivity contribution in [1.82, 2.24) is 0 Å². The summed E-state index contributed by atoms with van der Waals surface area (Å²) in [5.74, 6) is -0.258. The zero-order valence-electron chi connectivity index (χ0n) is 25.5. The largest absolute Gasteiger partial charge is 0.308 e. The van der Waals surface area contributed by atoms with Crippen molar-refractivity contribution in [3.63, 3.8) is 0 Å². The lowest BCUT2D eigenvalue weighted by molar-refractivity contribution is 0.629. The summed E-state index contributed by atoms with van der Waals surface area (Å²) < 4.78 is 15.4. The molecule has 8 aromatic rings. The van der Waals surface area contributed by atoms with Gasteiger partial charge in [-0.3, -0.25) is 0 Å². The number of benzene rings is 8. The standard InChI is InChI=1S/C45H28FN/c46-42-20-10-11-21-43(42)47(32-13-2-1-3-14-32)33-24-22-30-27-38-37-25-23-29-12-4-5-15-34(29)44(37)45(41(38)28-31(30)26-33)39-18-8-6-16-35(39)36-17-7-9-19-40(36)45/h1-28H. The molecule has 0 N–H and O–H groups in total. The summed E-state index contributed by atoms with van der Waals surface area (Å²) in [5.41, 5.74) is 12.3. The van der Waals surface area contributed by atoms with Gasteiger partial charge < -0.3 is 4.90 Å². The number of nitrogens with zero attached hydrogens (tertiary/aromatic N) is 1. The van der Waals surface area contributed by atoms with Crippen LogP contribution in [0.4, 0.5) is 21.5 Å². The fourth-order valence-electron chi connectivity index (χ4n) is 8.42. The molecule has 0 bridgehead atoms. The Morgan fingerprint density at radius 3 is 1.85 bits per heavy atom. The highest BCUT2D eigenvalue weighted by atomic mass is 19.1. The highest BCUT2D eigenvalue weighted by Gasteiger charge is 2.52. The normalized spacial score (nSPS) is 13.4. The predicted molar refractivity (Wildman–Crippen MR) is 192 cm³/mol. The molecule has 0 saturated carbocycles. The topological polar surface area (TPSA) is 3.24 Å². The highest BCUT2D eigenvalue weighted by Crippen LogP contribution is 2.64. The minimum Gasteiger partial charge on any atom is -0.308 e. The van der Waals surface area contributed by atoms with Crippen LogP contribution in [-0.2, 0) is 5.41 Å². The van der Waals surface area contributed by atoms with E-state index < -0.39 is 5.41 Å². The molecule has 1 nitrogen and oxygen atoms in total. The summed E-state index contributed by atoms with van der Waals surface area (Å²) in [5, 5.41) is 4.81. The molecule has 0 heterocycles. The third kappa shape index (κ3) is 3.53. The molecule has 0 aromatic heterocycles. The number of para-hydroxylation sites is 2. The van der Waals surface area contributed by atoms with Gasteiger partial charge in [-0.1, -0.05) is 121 Å². The summed E-state index contributed by atoms with van der Waals surface area (Å²) in [6.45, 7) is 0. The Balaban J connectivity index is 1.30. The molecular formula is C45H28FN. The molecule has 2 aliphatic carbocycles. The zero-order chi connectivity index (χ0) is 31.1. The first-order valence-corrected chi connectivity index (χ1v) is 16.1. The molecule has 0 unspecified atom stereocenters. The van der Waals surface area contributed by atoms with Gasteiger partial charge in [-0.2, -0.15) is 0 Å². The van der Waals surface area contributed by atoms with Crippen molar-refractivity contribution < 1.29 is 4.39 Å². The zero-order valence-corrected chi connectivity index (χ0v) is 25.5. The second-order valence-electron chi connectivity index (χ2n) is 12.6. The van der Waals surface area contributed by atoms with Crippen molar-refractivity contribution >= 4 is 38.6 Å². The number of anilines is 3. The Morgan fingerprint density at radius 1 is 0.404 bits per heavy atom. The van der Waals surface area contributed by atoms with Gasteiger partial charge in [0.1, 0.15) is 5.82 Å². The van der Waals surface area contributed by atoms with E-state index in [9.17, 15) is 0 Å². The van der Waals surface area contributed by atoms with Crippen molar-refractivity contribution in [2.75, 3.05) is 4.90 Å². The molecule has 0 aliphatic heterocycles. The van der Waals surface area contributed by atoms with Crippen LogP contribution >= 0.6 is 0 Å². The quantitative estimate of drug-likeness (QED) is 0.195. The lowest BCUT2D eigenvalue weighted by atomic mass is 9.69. The predicted octanol–water partition coefficient (Wildman–Crippen LogP) is 11.9. The summed E-state index contributed by atoms with van der Waals surface area (Å²) in [4.78, 5) is 2.01. The van der Waals surface area contributed by atoms with Crippen molar-refractivity contribution in [1.29, 1.82) is 0 Å². The van der Waals surface area contributed by atoms with Crippen LogP contribution in [0.15, 0.2) is 170 Å². The molecule has 2 aliphatic rings. The maximum absolute atomic E-state index is 15.4. The van der Waals surface area contributed by atoms with E-state index in [2.05, 4.69) is 115 Å². The van der Waals surface area contributed by atoms with Gasteiger partial charge in [0.15, 0.2) is 0 Å². The summed E-state index contributed by atoms with van der Waals surface area (Å²) >= 11 is 0. The van der Waals surface area contributed by atoms with Crippen LogP contribution in [-0.4, -0.2) is 0 Å². The van der Waals surface area contributed by atoms with E-state index in [0.29, 0.717) is 5.69 Å². The molecule has 0 fully saturated rings. The Morgan fingerprint density at radius 2 is 1.06 bits per heavy atom. The molecule has 8 aromatic carbocycles. The second kappa shape index (κ2) is 9.75. The lowest BCUT2D eigenvalue weighted by Gasteiger charge is -2.31. The van der Waals surface area contributed by atoms with Crippen LogP contribution in [0.3, 0.4) is 0 Å². The van der Waals surface area contributed by atoms with Crippen molar-refractivity contribution in [2.45, 2.75) is 5.41 Å². The summed E-state index contributed by atoms with van der Waals surface area (Å²) in [7, 11) is 0.